The van der Waals surface area contributed by atoms with Crippen molar-refractivity contribution in [3.8, 4) is 5.75 Å². The lowest BCUT2D eigenvalue weighted by atomic mass is 9.83. The zero-order valence-corrected chi connectivity index (χ0v) is 33.2. The van der Waals surface area contributed by atoms with Crippen molar-refractivity contribution in [2.75, 3.05) is 70.0 Å². The number of aromatic nitrogens is 2. The number of piperidine rings is 1. The van der Waals surface area contributed by atoms with Crippen molar-refractivity contribution in [3.05, 3.63) is 70.9 Å². The van der Waals surface area contributed by atoms with Crippen molar-refractivity contribution < 1.29 is 47.7 Å². The summed E-state index contributed by atoms with van der Waals surface area (Å²) in [6.07, 6.45) is 6.22. The Balaban J connectivity index is 0.710. The third kappa shape index (κ3) is 12.4. The zero-order chi connectivity index (χ0) is 41.4. The number of imide groups is 2. The number of carbonyl (C=O) groups excluding carboxylic acids is 6. The predicted octanol–water partition coefficient (Wildman–Crippen LogP) is 3.48. The summed E-state index contributed by atoms with van der Waals surface area (Å²) in [4.78, 5) is 75.6. The molecule has 5 N–H and O–H groups in total. The van der Waals surface area contributed by atoms with Crippen LogP contribution in [0.3, 0.4) is 0 Å². The predicted molar refractivity (Wildman–Crippen MR) is 215 cm³/mol. The lowest BCUT2D eigenvalue weighted by Crippen LogP contribution is -2.54. The van der Waals surface area contributed by atoms with Crippen LogP contribution in [0.15, 0.2) is 48.5 Å². The number of amides is 6. The molecule has 3 aliphatic rings. The molecule has 2 aromatic carbocycles. The van der Waals surface area contributed by atoms with Crippen molar-refractivity contribution in [2.24, 2.45) is 0 Å². The first-order chi connectivity index (χ1) is 28.8. The summed E-state index contributed by atoms with van der Waals surface area (Å²) in [7, 11) is 0. The highest BCUT2D eigenvalue weighted by Gasteiger charge is 2.45. The van der Waals surface area contributed by atoms with Crippen molar-refractivity contribution in [2.45, 2.75) is 76.2 Å². The molecule has 1 aromatic heterocycles. The quantitative estimate of drug-likeness (QED) is 0.0614. The van der Waals surface area contributed by atoms with Gasteiger partial charge < -0.3 is 34.9 Å². The standard InChI is InChI=1S/C42H53N7O10/c50-36(10-3-21-59-30-13-11-28(12-14-30)26-38(52)45-35-27-33(47-48-35)29-6-1-7-29)44-18-5-20-57-23-25-58-24-22-56-19-4-17-43-32-9-2-8-31-39(32)42(55)49(41(31)54)34-15-16-37(51)46-40(34)53/h2,8-9,11-14,27,29,34,43H,1,3-7,10,15-26H2,(H,44,50)(H,46,51,53)(H2,45,47,48,52). The van der Waals surface area contributed by atoms with E-state index in [2.05, 4.69) is 31.5 Å². The number of fused-ring (bicyclic) bond motifs is 1. The Morgan fingerprint density at radius 3 is 2.24 bits per heavy atom. The Hall–Kier alpha value is -5.65. The van der Waals surface area contributed by atoms with Gasteiger partial charge in [-0.1, -0.05) is 24.6 Å². The van der Waals surface area contributed by atoms with Crippen LogP contribution in [0.1, 0.15) is 95.7 Å². The van der Waals surface area contributed by atoms with E-state index in [4.69, 9.17) is 18.9 Å². The maximum absolute atomic E-state index is 13.2. The minimum atomic E-state index is -1.01. The molecule has 0 radical (unpaired) electrons. The van der Waals surface area contributed by atoms with E-state index < -0.39 is 29.7 Å². The van der Waals surface area contributed by atoms with Crippen LogP contribution in [0, 0.1) is 0 Å². The highest BCUT2D eigenvalue weighted by molar-refractivity contribution is 6.25. The molecule has 1 saturated carbocycles. The Bertz CT molecular complexity index is 1930. The minimum Gasteiger partial charge on any atom is -0.494 e. The number of carbonyl (C=O) groups is 6. The molecule has 59 heavy (non-hydrogen) atoms. The van der Waals surface area contributed by atoms with Gasteiger partial charge in [-0.2, -0.15) is 5.10 Å². The van der Waals surface area contributed by atoms with Gasteiger partial charge in [-0.25, -0.2) is 0 Å². The molecule has 6 amide bonds. The van der Waals surface area contributed by atoms with Crippen LogP contribution in [-0.2, 0) is 39.8 Å². The molecule has 1 unspecified atom stereocenters. The molecule has 0 bridgehead atoms. The van der Waals surface area contributed by atoms with Gasteiger partial charge >= 0.3 is 0 Å². The van der Waals surface area contributed by atoms with Crippen LogP contribution in [-0.4, -0.2) is 116 Å². The van der Waals surface area contributed by atoms with Crippen LogP contribution in [0.5, 0.6) is 5.75 Å². The smallest absolute Gasteiger partial charge is 0.264 e. The number of rotatable bonds is 25. The van der Waals surface area contributed by atoms with Crippen LogP contribution >= 0.6 is 0 Å². The summed E-state index contributed by atoms with van der Waals surface area (Å²) in [5.41, 5.74) is 2.91. The summed E-state index contributed by atoms with van der Waals surface area (Å²) in [6.45, 7) is 4.04. The molecule has 6 rings (SSSR count). The van der Waals surface area contributed by atoms with Gasteiger partial charge in [-0.15, -0.1) is 0 Å². The topological polar surface area (TPSA) is 219 Å². The summed E-state index contributed by atoms with van der Waals surface area (Å²) in [6, 6.07) is 13.2. The van der Waals surface area contributed by atoms with Crippen LogP contribution < -0.4 is 26.0 Å². The van der Waals surface area contributed by atoms with E-state index >= 15 is 0 Å². The fourth-order valence-corrected chi connectivity index (χ4v) is 6.92. The molecular formula is C42H53N7O10. The molecule has 2 aliphatic heterocycles. The number of ether oxygens (including phenoxy) is 4. The first-order valence-electron chi connectivity index (χ1n) is 20.4. The fourth-order valence-electron chi connectivity index (χ4n) is 6.92. The monoisotopic (exact) mass is 815 g/mol. The second kappa shape index (κ2) is 21.9. The van der Waals surface area contributed by atoms with Crippen molar-refractivity contribution in [1.29, 1.82) is 0 Å². The van der Waals surface area contributed by atoms with Gasteiger partial charge in [0, 0.05) is 62.5 Å². The molecule has 316 valence electrons. The third-order valence-corrected chi connectivity index (χ3v) is 10.3. The molecule has 1 atom stereocenters. The van der Waals surface area contributed by atoms with Crippen LogP contribution in [0.4, 0.5) is 11.5 Å². The molecule has 2 fully saturated rings. The molecular weight excluding hydrogens is 763 g/mol. The molecule has 3 aromatic rings. The molecule has 1 saturated heterocycles. The Morgan fingerprint density at radius 1 is 0.797 bits per heavy atom. The number of aromatic amines is 1. The van der Waals surface area contributed by atoms with E-state index in [-0.39, 0.29) is 42.2 Å². The number of anilines is 2. The lowest BCUT2D eigenvalue weighted by Gasteiger charge is -2.27. The molecule has 0 spiro atoms. The number of hydrogen-bond donors (Lipinski definition) is 5. The zero-order valence-electron chi connectivity index (χ0n) is 33.2. The van der Waals surface area contributed by atoms with E-state index in [1.165, 1.54) is 6.42 Å². The Morgan fingerprint density at radius 2 is 1.53 bits per heavy atom. The first kappa shape index (κ1) is 42.9. The van der Waals surface area contributed by atoms with Gasteiger partial charge in [-0.3, -0.25) is 44.1 Å². The highest BCUT2D eigenvalue weighted by atomic mass is 16.5. The van der Waals surface area contributed by atoms with Gasteiger partial charge in [0.25, 0.3) is 11.8 Å². The third-order valence-electron chi connectivity index (χ3n) is 10.3. The molecule has 17 nitrogen and oxygen atoms in total. The summed E-state index contributed by atoms with van der Waals surface area (Å²) in [5.74, 6) is -0.560. The Kier molecular flexibility index (Phi) is 16.0. The van der Waals surface area contributed by atoms with E-state index in [0.29, 0.717) is 108 Å². The van der Waals surface area contributed by atoms with E-state index in [9.17, 15) is 28.8 Å². The van der Waals surface area contributed by atoms with Crippen molar-refractivity contribution in [3.63, 3.8) is 0 Å². The minimum absolute atomic E-state index is 0.0423. The first-order valence-corrected chi connectivity index (χ1v) is 20.4. The van der Waals surface area contributed by atoms with Gasteiger partial charge in [0.2, 0.25) is 23.6 Å². The highest BCUT2D eigenvalue weighted by Crippen LogP contribution is 2.36. The average Bonchev–Trinajstić information content (AvgIpc) is 3.75. The molecule has 1 aliphatic carbocycles. The fraction of sp³-hybridized carbons (Fsp3) is 0.500. The van der Waals surface area contributed by atoms with E-state index in [1.54, 1.807) is 18.2 Å². The number of nitrogens with zero attached hydrogens (tertiary/aromatic N) is 2. The van der Waals surface area contributed by atoms with Gasteiger partial charge in [-0.05, 0) is 68.4 Å². The van der Waals surface area contributed by atoms with Crippen molar-refractivity contribution in [1.82, 2.24) is 25.7 Å². The molecule has 17 heteroatoms. The largest absolute Gasteiger partial charge is 0.494 e. The second-order valence-corrected chi connectivity index (χ2v) is 14.7. The van der Waals surface area contributed by atoms with E-state index in [1.807, 2.05) is 30.3 Å². The number of nitrogens with one attached hydrogen (secondary N) is 5. The number of H-pyrrole nitrogens is 1. The van der Waals surface area contributed by atoms with Gasteiger partial charge in [0.1, 0.15) is 11.8 Å². The summed E-state index contributed by atoms with van der Waals surface area (Å²) in [5, 5.41) is 18.4. The van der Waals surface area contributed by atoms with Crippen LogP contribution in [0.2, 0.25) is 0 Å². The van der Waals surface area contributed by atoms with Crippen molar-refractivity contribution >= 4 is 46.9 Å². The maximum Gasteiger partial charge on any atom is 0.264 e. The summed E-state index contributed by atoms with van der Waals surface area (Å²) < 4.78 is 22.5. The lowest BCUT2D eigenvalue weighted by molar-refractivity contribution is -0.136. The van der Waals surface area contributed by atoms with Gasteiger partial charge in [0.15, 0.2) is 5.82 Å². The maximum atomic E-state index is 13.2. The molecule has 3 heterocycles. The average molecular weight is 816 g/mol. The number of benzene rings is 2. The second-order valence-electron chi connectivity index (χ2n) is 14.7. The van der Waals surface area contributed by atoms with E-state index in [0.717, 1.165) is 29.0 Å². The SMILES string of the molecule is O=C(CCCOc1ccc(CC(=O)Nc2cc(C3CCC3)[nH]n2)cc1)NCCCOCCOCCOCCCNc1cccc2c1C(=O)N(C1CCC(=O)NC1=O)C2=O. The Labute approximate surface area is 342 Å². The van der Waals surface area contributed by atoms with Gasteiger partial charge in [0.05, 0.1) is 50.6 Å². The van der Waals surface area contributed by atoms with Crippen LogP contribution in [0.25, 0.3) is 0 Å². The summed E-state index contributed by atoms with van der Waals surface area (Å²) >= 11 is 0. The normalized spacial score (nSPS) is 16.4. The number of hydrogen-bond acceptors (Lipinski definition) is 12.